The van der Waals surface area contributed by atoms with Crippen molar-refractivity contribution in [3.05, 3.63) is 90.5 Å². The molecule has 0 saturated heterocycles. The number of benzene rings is 3. The van der Waals surface area contributed by atoms with Gasteiger partial charge in [-0.05, 0) is 69.2 Å². The average Bonchev–Trinajstić information content (AvgIpc) is 2.87. The third-order valence-electron chi connectivity index (χ3n) is 5.86. The van der Waals surface area contributed by atoms with E-state index < -0.39 is 34.1 Å². The van der Waals surface area contributed by atoms with Gasteiger partial charge in [0.1, 0.15) is 24.1 Å². The second kappa shape index (κ2) is 12.8. The fourth-order valence-corrected chi connectivity index (χ4v) is 4.92. The van der Waals surface area contributed by atoms with Crippen molar-refractivity contribution in [1.29, 1.82) is 0 Å². The molecule has 0 aromatic heterocycles. The molecule has 208 valence electrons. The van der Waals surface area contributed by atoms with Crippen LogP contribution in [0, 0.1) is 0 Å². The maximum Gasteiger partial charge on any atom is 0.244 e. The molecule has 0 heterocycles. The largest absolute Gasteiger partial charge is 0.457 e. The van der Waals surface area contributed by atoms with Gasteiger partial charge in [0.25, 0.3) is 0 Å². The van der Waals surface area contributed by atoms with E-state index >= 15 is 0 Å². The van der Waals surface area contributed by atoms with Crippen molar-refractivity contribution in [3.63, 3.8) is 0 Å². The van der Waals surface area contributed by atoms with E-state index in [-0.39, 0.29) is 12.5 Å². The molecule has 39 heavy (non-hydrogen) atoms. The molecular weight excluding hydrogens is 514 g/mol. The van der Waals surface area contributed by atoms with E-state index in [9.17, 15) is 18.0 Å². The number of amides is 2. The number of carbonyl (C=O) groups is 2. The normalized spacial score (nSPS) is 12.3. The van der Waals surface area contributed by atoms with Gasteiger partial charge in [0.05, 0.1) is 11.9 Å². The van der Waals surface area contributed by atoms with Gasteiger partial charge in [0, 0.05) is 12.1 Å². The van der Waals surface area contributed by atoms with Crippen molar-refractivity contribution in [2.45, 2.75) is 52.2 Å². The molecule has 1 atom stereocenters. The van der Waals surface area contributed by atoms with Gasteiger partial charge in [-0.25, -0.2) is 8.42 Å². The summed E-state index contributed by atoms with van der Waals surface area (Å²) in [5.74, 6) is 0.406. The standard InChI is InChI=1S/C30H37N3O5S/c1-6-27(29(35)31-30(2,3)4)32(21-23-13-9-7-10-14-23)28(34)22-33(39(5,36)37)24-17-19-26(20-18-24)38-25-15-11-8-12-16-25/h7-20,27H,6,21-22H2,1-5H3,(H,31,35)/t27-/m0/s1. The first-order chi connectivity index (χ1) is 18.4. The maximum absolute atomic E-state index is 13.8. The fraction of sp³-hybridized carbons (Fsp3) is 0.333. The Morgan fingerprint density at radius 3 is 1.92 bits per heavy atom. The van der Waals surface area contributed by atoms with E-state index in [0.717, 1.165) is 16.1 Å². The lowest BCUT2D eigenvalue weighted by molar-refractivity contribution is -0.141. The molecule has 0 unspecified atom stereocenters. The topological polar surface area (TPSA) is 96.0 Å². The summed E-state index contributed by atoms with van der Waals surface area (Å²) in [5.41, 5.74) is 0.660. The predicted octanol–water partition coefficient (Wildman–Crippen LogP) is 4.97. The summed E-state index contributed by atoms with van der Waals surface area (Å²) in [6.07, 6.45) is 1.42. The van der Waals surface area contributed by atoms with Crippen LogP contribution in [0.1, 0.15) is 39.7 Å². The third kappa shape index (κ3) is 8.85. The average molecular weight is 552 g/mol. The highest BCUT2D eigenvalue weighted by molar-refractivity contribution is 7.92. The molecule has 0 aliphatic carbocycles. The van der Waals surface area contributed by atoms with Crippen LogP contribution in [0.25, 0.3) is 0 Å². The SMILES string of the molecule is CC[C@@H](C(=O)NC(C)(C)C)N(Cc1ccccc1)C(=O)CN(c1ccc(Oc2ccccc2)cc1)S(C)(=O)=O. The molecule has 3 aromatic carbocycles. The van der Waals surface area contributed by atoms with Gasteiger partial charge in [0.15, 0.2) is 0 Å². The lowest BCUT2D eigenvalue weighted by atomic mass is 10.1. The third-order valence-corrected chi connectivity index (χ3v) is 7.00. The summed E-state index contributed by atoms with van der Waals surface area (Å²) in [6, 6.07) is 24.3. The zero-order valence-electron chi connectivity index (χ0n) is 23.1. The van der Waals surface area contributed by atoms with Crippen LogP contribution in [-0.4, -0.2) is 49.5 Å². The predicted molar refractivity (Wildman–Crippen MR) is 154 cm³/mol. The number of anilines is 1. The quantitative estimate of drug-likeness (QED) is 0.363. The van der Waals surface area contributed by atoms with Crippen molar-refractivity contribution in [1.82, 2.24) is 10.2 Å². The molecule has 0 saturated carbocycles. The Hall–Kier alpha value is -3.85. The molecule has 0 bridgehead atoms. The van der Waals surface area contributed by atoms with Crippen LogP contribution < -0.4 is 14.4 Å². The highest BCUT2D eigenvalue weighted by Gasteiger charge is 2.33. The first-order valence-electron chi connectivity index (χ1n) is 12.8. The van der Waals surface area contributed by atoms with Crippen LogP contribution in [0.4, 0.5) is 5.69 Å². The number of hydrogen-bond donors (Lipinski definition) is 1. The molecule has 0 aliphatic heterocycles. The lowest BCUT2D eigenvalue weighted by Gasteiger charge is -2.34. The van der Waals surface area contributed by atoms with Gasteiger partial charge < -0.3 is 15.0 Å². The van der Waals surface area contributed by atoms with Crippen LogP contribution in [0.2, 0.25) is 0 Å². The van der Waals surface area contributed by atoms with Crippen molar-refractivity contribution < 1.29 is 22.7 Å². The number of nitrogens with one attached hydrogen (secondary N) is 1. The number of rotatable bonds is 11. The monoisotopic (exact) mass is 551 g/mol. The second-order valence-corrected chi connectivity index (χ2v) is 12.3. The Morgan fingerprint density at radius 2 is 1.41 bits per heavy atom. The van der Waals surface area contributed by atoms with E-state index in [0.29, 0.717) is 23.6 Å². The molecule has 8 nitrogen and oxygen atoms in total. The number of sulfonamides is 1. The molecule has 0 radical (unpaired) electrons. The second-order valence-electron chi connectivity index (χ2n) is 10.3. The summed E-state index contributed by atoms with van der Waals surface area (Å²) in [7, 11) is -3.83. The van der Waals surface area contributed by atoms with Gasteiger partial charge in [-0.1, -0.05) is 55.5 Å². The van der Waals surface area contributed by atoms with E-state index in [4.69, 9.17) is 4.74 Å². The number of hydrogen-bond acceptors (Lipinski definition) is 5. The molecule has 3 aromatic rings. The van der Waals surface area contributed by atoms with Crippen molar-refractivity contribution in [2.24, 2.45) is 0 Å². The number of ether oxygens (including phenoxy) is 1. The van der Waals surface area contributed by atoms with Crippen molar-refractivity contribution in [2.75, 3.05) is 17.1 Å². The molecule has 0 fully saturated rings. The number of nitrogens with zero attached hydrogens (tertiary/aromatic N) is 2. The van der Waals surface area contributed by atoms with Crippen LogP contribution in [0.5, 0.6) is 11.5 Å². The van der Waals surface area contributed by atoms with E-state index in [1.165, 1.54) is 4.90 Å². The molecule has 0 spiro atoms. The highest BCUT2D eigenvalue weighted by Crippen LogP contribution is 2.26. The van der Waals surface area contributed by atoms with E-state index in [2.05, 4.69) is 5.32 Å². The zero-order chi connectivity index (χ0) is 28.6. The Balaban J connectivity index is 1.89. The Morgan fingerprint density at radius 1 is 0.872 bits per heavy atom. The fourth-order valence-electron chi connectivity index (χ4n) is 4.07. The first kappa shape index (κ1) is 29.7. The maximum atomic E-state index is 13.8. The Bertz CT molecular complexity index is 1340. The van der Waals surface area contributed by atoms with E-state index in [1.807, 2.05) is 88.4 Å². The summed E-state index contributed by atoms with van der Waals surface area (Å²) in [6.45, 7) is 7.16. The van der Waals surface area contributed by atoms with Crippen molar-refractivity contribution >= 4 is 27.5 Å². The first-order valence-corrected chi connectivity index (χ1v) is 14.7. The summed E-state index contributed by atoms with van der Waals surface area (Å²) >= 11 is 0. The van der Waals surface area contributed by atoms with Gasteiger partial charge in [-0.3, -0.25) is 13.9 Å². The minimum Gasteiger partial charge on any atom is -0.457 e. The smallest absolute Gasteiger partial charge is 0.244 e. The molecule has 0 aliphatic rings. The van der Waals surface area contributed by atoms with Gasteiger partial charge in [-0.2, -0.15) is 0 Å². The Kier molecular flexibility index (Phi) is 9.75. The minimum atomic E-state index is -3.83. The van der Waals surface area contributed by atoms with Crippen LogP contribution in [0.3, 0.4) is 0 Å². The van der Waals surface area contributed by atoms with Gasteiger partial charge >= 0.3 is 0 Å². The summed E-state index contributed by atoms with van der Waals surface area (Å²) in [5, 5.41) is 2.95. The van der Waals surface area contributed by atoms with Crippen LogP contribution in [0.15, 0.2) is 84.9 Å². The van der Waals surface area contributed by atoms with Crippen LogP contribution in [-0.2, 0) is 26.2 Å². The Labute approximate surface area is 231 Å². The minimum absolute atomic E-state index is 0.164. The number of para-hydroxylation sites is 1. The van der Waals surface area contributed by atoms with Crippen LogP contribution >= 0.6 is 0 Å². The summed E-state index contributed by atoms with van der Waals surface area (Å²) < 4.78 is 32.5. The lowest BCUT2D eigenvalue weighted by Crippen LogP contribution is -2.55. The summed E-state index contributed by atoms with van der Waals surface area (Å²) in [4.78, 5) is 28.4. The van der Waals surface area contributed by atoms with Crippen molar-refractivity contribution in [3.8, 4) is 11.5 Å². The van der Waals surface area contributed by atoms with Gasteiger partial charge in [-0.15, -0.1) is 0 Å². The zero-order valence-corrected chi connectivity index (χ0v) is 23.9. The van der Waals surface area contributed by atoms with E-state index in [1.54, 1.807) is 24.3 Å². The molecule has 9 heteroatoms. The highest BCUT2D eigenvalue weighted by atomic mass is 32.2. The molecule has 1 N–H and O–H groups in total. The molecular formula is C30H37N3O5S. The molecule has 3 rings (SSSR count). The van der Waals surface area contributed by atoms with Gasteiger partial charge in [0.2, 0.25) is 21.8 Å². The number of carbonyl (C=O) groups excluding carboxylic acids is 2. The molecule has 2 amide bonds.